The lowest BCUT2D eigenvalue weighted by atomic mass is 10.2. The van der Waals surface area contributed by atoms with Gasteiger partial charge in [-0.3, -0.25) is 0 Å². The van der Waals surface area contributed by atoms with Crippen molar-refractivity contribution in [1.82, 2.24) is 15.0 Å². The minimum Gasteiger partial charge on any atom is -0.461 e. The van der Waals surface area contributed by atoms with Gasteiger partial charge in [0, 0.05) is 10.7 Å². The summed E-state index contributed by atoms with van der Waals surface area (Å²) in [5.41, 5.74) is 7.40. The van der Waals surface area contributed by atoms with Crippen LogP contribution in [0.25, 0.3) is 0 Å². The Bertz CT molecular complexity index is 618. The molecule has 0 saturated heterocycles. The van der Waals surface area contributed by atoms with Crippen molar-refractivity contribution in [3.05, 3.63) is 28.8 Å². The molecule has 7 heteroatoms. The number of aryl methyl sites for hydroxylation is 1. The van der Waals surface area contributed by atoms with Crippen LogP contribution in [0.4, 0.5) is 17.6 Å². The number of rotatable bonds is 4. The second-order valence-corrected chi connectivity index (χ2v) is 4.96. The van der Waals surface area contributed by atoms with E-state index < -0.39 is 0 Å². The van der Waals surface area contributed by atoms with Crippen LogP contribution in [0, 0.1) is 6.92 Å². The molecule has 0 aliphatic heterocycles. The van der Waals surface area contributed by atoms with Gasteiger partial charge in [-0.15, -0.1) is 0 Å². The van der Waals surface area contributed by atoms with Gasteiger partial charge in [0.1, 0.15) is 0 Å². The number of hydrogen-bond acceptors (Lipinski definition) is 6. The lowest BCUT2D eigenvalue weighted by Crippen LogP contribution is -2.11. The lowest BCUT2D eigenvalue weighted by Gasteiger charge is -2.10. The highest BCUT2D eigenvalue weighted by Crippen LogP contribution is 2.22. The van der Waals surface area contributed by atoms with Gasteiger partial charge in [0.15, 0.2) is 0 Å². The fraction of sp³-hybridized carbons (Fsp3) is 0.308. The molecule has 2 aromatic rings. The summed E-state index contributed by atoms with van der Waals surface area (Å²) in [6.07, 6.45) is -0.0431. The van der Waals surface area contributed by atoms with Crippen molar-refractivity contribution in [3.8, 4) is 6.01 Å². The van der Waals surface area contributed by atoms with Crippen LogP contribution in [-0.4, -0.2) is 21.1 Å². The monoisotopic (exact) mass is 293 g/mol. The van der Waals surface area contributed by atoms with E-state index in [4.69, 9.17) is 22.1 Å². The molecule has 0 radical (unpaired) electrons. The Morgan fingerprint density at radius 3 is 2.65 bits per heavy atom. The smallest absolute Gasteiger partial charge is 0.323 e. The fourth-order valence-corrected chi connectivity index (χ4v) is 1.67. The van der Waals surface area contributed by atoms with Crippen LogP contribution in [0.3, 0.4) is 0 Å². The first kappa shape index (κ1) is 14.3. The van der Waals surface area contributed by atoms with Crippen LogP contribution >= 0.6 is 11.6 Å². The summed E-state index contributed by atoms with van der Waals surface area (Å²) in [6, 6.07) is 5.76. The molecule has 0 saturated carbocycles. The van der Waals surface area contributed by atoms with Crippen molar-refractivity contribution in [3.63, 3.8) is 0 Å². The van der Waals surface area contributed by atoms with Crippen molar-refractivity contribution in [2.24, 2.45) is 0 Å². The van der Waals surface area contributed by atoms with E-state index in [1.807, 2.05) is 32.9 Å². The number of anilines is 3. The maximum absolute atomic E-state index is 6.07. The third-order valence-corrected chi connectivity index (χ3v) is 2.81. The Labute approximate surface area is 122 Å². The van der Waals surface area contributed by atoms with Gasteiger partial charge in [-0.1, -0.05) is 17.7 Å². The third-order valence-electron chi connectivity index (χ3n) is 2.40. The van der Waals surface area contributed by atoms with Gasteiger partial charge in [-0.25, -0.2) is 0 Å². The molecule has 0 aliphatic carbocycles. The highest BCUT2D eigenvalue weighted by atomic mass is 35.5. The maximum atomic E-state index is 6.07. The molecule has 0 unspecified atom stereocenters. The number of ether oxygens (including phenoxy) is 1. The molecule has 0 amide bonds. The van der Waals surface area contributed by atoms with Gasteiger partial charge in [-0.05, 0) is 38.5 Å². The molecule has 0 bridgehead atoms. The molecule has 1 aromatic carbocycles. The number of nitrogen functional groups attached to an aromatic ring is 1. The first-order valence-electron chi connectivity index (χ1n) is 6.15. The van der Waals surface area contributed by atoms with Crippen molar-refractivity contribution in [1.29, 1.82) is 0 Å². The Morgan fingerprint density at radius 1 is 1.25 bits per heavy atom. The van der Waals surface area contributed by atoms with Crippen LogP contribution in [-0.2, 0) is 0 Å². The molecule has 106 valence electrons. The van der Waals surface area contributed by atoms with Gasteiger partial charge in [0.2, 0.25) is 11.9 Å². The summed E-state index contributed by atoms with van der Waals surface area (Å²) in [4.78, 5) is 12.1. The normalized spacial score (nSPS) is 10.7. The summed E-state index contributed by atoms with van der Waals surface area (Å²) in [7, 11) is 0. The van der Waals surface area contributed by atoms with Gasteiger partial charge in [-0.2, -0.15) is 15.0 Å². The number of nitrogens with two attached hydrogens (primary N) is 1. The highest BCUT2D eigenvalue weighted by Gasteiger charge is 2.08. The zero-order chi connectivity index (χ0) is 14.7. The lowest BCUT2D eigenvalue weighted by molar-refractivity contribution is 0.222. The minimum absolute atomic E-state index is 0.0431. The SMILES string of the molecule is Cc1ccc(Nc2nc(N)nc(OC(C)C)n2)cc1Cl. The summed E-state index contributed by atoms with van der Waals surface area (Å²) >= 11 is 6.07. The molecule has 6 nitrogen and oxygen atoms in total. The largest absolute Gasteiger partial charge is 0.461 e. The molecular weight excluding hydrogens is 278 g/mol. The van der Waals surface area contributed by atoms with Crippen LogP contribution in [0.2, 0.25) is 5.02 Å². The topological polar surface area (TPSA) is 86.0 Å². The standard InChI is InChI=1S/C13H16ClN5O/c1-7(2)20-13-18-11(15)17-12(19-13)16-9-5-4-8(3)10(14)6-9/h4-7H,1-3H3,(H3,15,16,17,18,19). The Morgan fingerprint density at radius 2 is 2.00 bits per heavy atom. The molecule has 3 N–H and O–H groups in total. The third kappa shape index (κ3) is 3.71. The summed E-state index contributed by atoms with van der Waals surface area (Å²) < 4.78 is 5.41. The molecule has 1 heterocycles. The average Bonchev–Trinajstić information content (AvgIpc) is 2.32. The van der Waals surface area contributed by atoms with E-state index in [-0.39, 0.29) is 18.1 Å². The summed E-state index contributed by atoms with van der Waals surface area (Å²) in [5.74, 6) is 0.407. The van der Waals surface area contributed by atoms with E-state index in [1.54, 1.807) is 6.07 Å². The highest BCUT2D eigenvalue weighted by molar-refractivity contribution is 6.31. The van der Waals surface area contributed by atoms with Crippen molar-refractivity contribution in [2.75, 3.05) is 11.1 Å². The number of hydrogen-bond donors (Lipinski definition) is 2. The van der Waals surface area contributed by atoms with E-state index >= 15 is 0 Å². The van der Waals surface area contributed by atoms with Gasteiger partial charge >= 0.3 is 6.01 Å². The van der Waals surface area contributed by atoms with Gasteiger partial charge in [0.25, 0.3) is 0 Å². The summed E-state index contributed by atoms with van der Waals surface area (Å²) in [6.45, 7) is 5.70. The number of nitrogens with zero attached hydrogens (tertiary/aromatic N) is 3. The number of nitrogens with one attached hydrogen (secondary N) is 1. The predicted molar refractivity (Wildman–Crippen MR) is 79.5 cm³/mol. The Kier molecular flexibility index (Phi) is 4.24. The van der Waals surface area contributed by atoms with Crippen LogP contribution in [0.5, 0.6) is 6.01 Å². The van der Waals surface area contributed by atoms with E-state index in [2.05, 4.69) is 20.3 Å². The van der Waals surface area contributed by atoms with Gasteiger partial charge < -0.3 is 15.8 Å². The zero-order valence-electron chi connectivity index (χ0n) is 11.5. The summed E-state index contributed by atoms with van der Waals surface area (Å²) in [5, 5.41) is 3.68. The second kappa shape index (κ2) is 5.92. The number of benzene rings is 1. The predicted octanol–water partition coefficient (Wildman–Crippen LogP) is 2.95. The van der Waals surface area contributed by atoms with E-state index in [1.165, 1.54) is 0 Å². The molecule has 0 atom stereocenters. The second-order valence-electron chi connectivity index (χ2n) is 4.56. The van der Waals surface area contributed by atoms with E-state index in [0.29, 0.717) is 11.0 Å². The maximum Gasteiger partial charge on any atom is 0.323 e. The molecule has 0 spiro atoms. The molecule has 1 aromatic heterocycles. The Hall–Kier alpha value is -2.08. The van der Waals surface area contributed by atoms with Crippen LogP contribution in [0.1, 0.15) is 19.4 Å². The molecular formula is C13H16ClN5O. The first-order chi connectivity index (χ1) is 9.44. The number of halogens is 1. The van der Waals surface area contributed by atoms with Crippen LogP contribution < -0.4 is 15.8 Å². The number of aromatic nitrogens is 3. The van der Waals surface area contributed by atoms with Crippen LogP contribution in [0.15, 0.2) is 18.2 Å². The fourth-order valence-electron chi connectivity index (χ4n) is 1.49. The quantitative estimate of drug-likeness (QED) is 0.901. The van der Waals surface area contributed by atoms with Crippen molar-refractivity contribution in [2.45, 2.75) is 26.9 Å². The molecule has 2 rings (SSSR count). The van der Waals surface area contributed by atoms with Crippen molar-refractivity contribution < 1.29 is 4.74 Å². The first-order valence-corrected chi connectivity index (χ1v) is 6.53. The van der Waals surface area contributed by atoms with Crippen molar-refractivity contribution >= 4 is 29.2 Å². The Balaban J connectivity index is 2.24. The molecule has 0 aliphatic rings. The zero-order valence-corrected chi connectivity index (χ0v) is 12.3. The van der Waals surface area contributed by atoms with E-state index in [9.17, 15) is 0 Å². The molecule has 20 heavy (non-hydrogen) atoms. The average molecular weight is 294 g/mol. The minimum atomic E-state index is -0.0431. The van der Waals surface area contributed by atoms with E-state index in [0.717, 1.165) is 11.3 Å². The molecule has 0 fully saturated rings. The van der Waals surface area contributed by atoms with Gasteiger partial charge in [0.05, 0.1) is 6.10 Å².